The van der Waals surface area contributed by atoms with Gasteiger partial charge in [0, 0.05) is 13.1 Å². The first-order chi connectivity index (χ1) is 11.2. The van der Waals surface area contributed by atoms with Gasteiger partial charge in [-0.3, -0.25) is 4.79 Å². The molecule has 0 bridgehead atoms. The van der Waals surface area contributed by atoms with Crippen molar-refractivity contribution in [2.45, 2.75) is 19.8 Å². The van der Waals surface area contributed by atoms with Crippen molar-refractivity contribution in [3.05, 3.63) is 42.2 Å². The minimum absolute atomic E-state index is 0.0103. The normalized spacial score (nSPS) is 18.5. The number of benzene rings is 1. The number of furan rings is 1. The fourth-order valence-corrected chi connectivity index (χ4v) is 4.00. The van der Waals surface area contributed by atoms with Gasteiger partial charge in [-0.05, 0) is 43.0 Å². The van der Waals surface area contributed by atoms with E-state index in [4.69, 9.17) is 4.42 Å². The summed E-state index contributed by atoms with van der Waals surface area (Å²) in [6, 6.07) is 11.6. The second-order valence-electron chi connectivity index (χ2n) is 6.15. The Morgan fingerprint density at radius 2 is 2.17 bits per heavy atom. The van der Waals surface area contributed by atoms with Gasteiger partial charge in [-0.1, -0.05) is 19.1 Å². The van der Waals surface area contributed by atoms with Gasteiger partial charge >= 0.3 is 0 Å². The van der Waals surface area contributed by atoms with Crippen molar-refractivity contribution in [1.82, 2.24) is 9.88 Å². The molecule has 1 amide bonds. The lowest BCUT2D eigenvalue weighted by Crippen LogP contribution is -2.38. The molecule has 118 valence electrons. The van der Waals surface area contributed by atoms with Crippen LogP contribution in [0.1, 0.15) is 30.3 Å². The lowest BCUT2D eigenvalue weighted by atomic mass is 10.0. The van der Waals surface area contributed by atoms with E-state index in [1.165, 1.54) is 6.42 Å². The fraction of sp³-hybridized carbons (Fsp3) is 0.333. The molecule has 3 heterocycles. The Morgan fingerprint density at radius 1 is 1.30 bits per heavy atom. The summed E-state index contributed by atoms with van der Waals surface area (Å²) >= 11 is 1.58. The van der Waals surface area contributed by atoms with Crippen molar-refractivity contribution in [2.75, 3.05) is 13.1 Å². The molecular formula is C18H18N2O2S. The number of amides is 1. The lowest BCUT2D eigenvalue weighted by Gasteiger charge is -2.30. The number of nitrogens with zero attached hydrogens (tertiary/aromatic N) is 2. The third-order valence-electron chi connectivity index (χ3n) is 4.27. The molecule has 0 aliphatic carbocycles. The first-order valence-corrected chi connectivity index (χ1v) is 8.77. The van der Waals surface area contributed by atoms with Crippen LogP contribution < -0.4 is 0 Å². The molecule has 0 saturated carbocycles. The van der Waals surface area contributed by atoms with Crippen LogP contribution in [-0.2, 0) is 0 Å². The molecule has 3 aromatic rings. The van der Waals surface area contributed by atoms with Crippen molar-refractivity contribution in [3.63, 3.8) is 0 Å². The number of piperidine rings is 1. The second-order valence-corrected chi connectivity index (χ2v) is 7.18. The highest BCUT2D eigenvalue weighted by Gasteiger charge is 2.24. The lowest BCUT2D eigenvalue weighted by molar-refractivity contribution is 0.0652. The second kappa shape index (κ2) is 5.81. The number of hydrogen-bond donors (Lipinski definition) is 0. The standard InChI is InChI=1S/C18H18N2O2S/c1-12-5-4-10-20(11-12)18(21)15-9-8-14(22-15)17-19-13-6-2-3-7-16(13)23-17/h2-3,6-9,12H,4-5,10-11H2,1H3. The summed E-state index contributed by atoms with van der Waals surface area (Å²) in [5.41, 5.74) is 0.960. The molecule has 23 heavy (non-hydrogen) atoms. The fourth-order valence-electron chi connectivity index (χ4n) is 3.08. The largest absolute Gasteiger partial charge is 0.448 e. The Kier molecular flexibility index (Phi) is 3.65. The molecule has 1 unspecified atom stereocenters. The van der Waals surface area contributed by atoms with E-state index in [0.717, 1.165) is 34.7 Å². The topological polar surface area (TPSA) is 46.3 Å². The summed E-state index contributed by atoms with van der Waals surface area (Å²) in [6.45, 7) is 3.82. The van der Waals surface area contributed by atoms with Crippen LogP contribution in [0.15, 0.2) is 40.8 Å². The third kappa shape index (κ3) is 2.77. The van der Waals surface area contributed by atoms with Crippen molar-refractivity contribution >= 4 is 27.5 Å². The number of aromatic nitrogens is 1. The number of hydrogen-bond acceptors (Lipinski definition) is 4. The van der Waals surface area contributed by atoms with Gasteiger partial charge in [0.2, 0.25) is 0 Å². The van der Waals surface area contributed by atoms with Crippen molar-refractivity contribution in [3.8, 4) is 10.8 Å². The number of carbonyl (C=O) groups is 1. The van der Waals surface area contributed by atoms with Crippen LogP contribution in [0.25, 0.3) is 21.0 Å². The van der Waals surface area contributed by atoms with Gasteiger partial charge in [-0.15, -0.1) is 11.3 Å². The molecule has 4 rings (SSSR count). The van der Waals surface area contributed by atoms with E-state index in [1.54, 1.807) is 17.4 Å². The van der Waals surface area contributed by atoms with Crippen molar-refractivity contribution in [1.29, 1.82) is 0 Å². The van der Waals surface area contributed by atoms with E-state index >= 15 is 0 Å². The molecule has 1 aliphatic rings. The molecule has 2 aromatic heterocycles. The zero-order chi connectivity index (χ0) is 15.8. The van der Waals surface area contributed by atoms with Crippen LogP contribution in [0.3, 0.4) is 0 Å². The Balaban J connectivity index is 1.59. The van der Waals surface area contributed by atoms with E-state index in [1.807, 2.05) is 35.2 Å². The van der Waals surface area contributed by atoms with E-state index in [9.17, 15) is 4.79 Å². The summed E-state index contributed by atoms with van der Waals surface area (Å²) in [5, 5.41) is 0.817. The maximum absolute atomic E-state index is 12.6. The van der Waals surface area contributed by atoms with Crippen molar-refractivity contribution < 1.29 is 9.21 Å². The highest BCUT2D eigenvalue weighted by atomic mass is 32.1. The molecule has 5 heteroatoms. The Morgan fingerprint density at radius 3 is 3.00 bits per heavy atom. The van der Waals surface area contributed by atoms with Crippen LogP contribution in [-0.4, -0.2) is 28.9 Å². The number of para-hydroxylation sites is 1. The third-order valence-corrected chi connectivity index (χ3v) is 5.32. The average Bonchev–Trinajstić information content (AvgIpc) is 3.20. The minimum Gasteiger partial charge on any atom is -0.448 e. The smallest absolute Gasteiger partial charge is 0.289 e. The predicted octanol–water partition coefficient (Wildman–Crippen LogP) is 4.43. The van der Waals surface area contributed by atoms with Crippen molar-refractivity contribution in [2.24, 2.45) is 5.92 Å². The first-order valence-electron chi connectivity index (χ1n) is 7.96. The first kappa shape index (κ1) is 14.5. The zero-order valence-electron chi connectivity index (χ0n) is 13.0. The molecule has 4 nitrogen and oxygen atoms in total. The summed E-state index contributed by atoms with van der Waals surface area (Å²) in [4.78, 5) is 19.1. The van der Waals surface area contributed by atoms with E-state index in [-0.39, 0.29) is 5.91 Å². The van der Waals surface area contributed by atoms with Crippen LogP contribution in [0.4, 0.5) is 0 Å². The maximum Gasteiger partial charge on any atom is 0.289 e. The van der Waals surface area contributed by atoms with Gasteiger partial charge in [-0.2, -0.15) is 0 Å². The van der Waals surface area contributed by atoms with E-state index < -0.39 is 0 Å². The molecular weight excluding hydrogens is 308 g/mol. The quantitative estimate of drug-likeness (QED) is 0.700. The number of carbonyl (C=O) groups excluding carboxylic acids is 1. The minimum atomic E-state index is -0.0103. The molecule has 1 aromatic carbocycles. The molecule has 1 fully saturated rings. The Labute approximate surface area is 138 Å². The molecule has 1 aliphatic heterocycles. The average molecular weight is 326 g/mol. The summed E-state index contributed by atoms with van der Waals surface area (Å²) in [5.74, 6) is 1.63. The number of fused-ring (bicyclic) bond motifs is 1. The predicted molar refractivity (Wildman–Crippen MR) is 91.6 cm³/mol. The van der Waals surface area contributed by atoms with Gasteiger partial charge in [-0.25, -0.2) is 4.98 Å². The van der Waals surface area contributed by atoms with Crippen LogP contribution in [0.2, 0.25) is 0 Å². The van der Waals surface area contributed by atoms with Crippen LogP contribution >= 0.6 is 11.3 Å². The van der Waals surface area contributed by atoms with E-state index in [2.05, 4.69) is 11.9 Å². The molecule has 0 N–H and O–H groups in total. The highest BCUT2D eigenvalue weighted by molar-refractivity contribution is 7.21. The summed E-state index contributed by atoms with van der Waals surface area (Å²) in [7, 11) is 0. The number of rotatable bonds is 2. The molecule has 0 spiro atoms. The van der Waals surface area contributed by atoms with Gasteiger partial charge in [0.25, 0.3) is 5.91 Å². The van der Waals surface area contributed by atoms with Crippen LogP contribution in [0.5, 0.6) is 0 Å². The number of thiazole rings is 1. The monoisotopic (exact) mass is 326 g/mol. The Hall–Kier alpha value is -2.14. The SMILES string of the molecule is CC1CCCN(C(=O)c2ccc(-c3nc4ccccc4s3)o2)C1. The maximum atomic E-state index is 12.6. The van der Waals surface area contributed by atoms with E-state index in [0.29, 0.717) is 17.4 Å². The zero-order valence-corrected chi connectivity index (χ0v) is 13.8. The van der Waals surface area contributed by atoms with Gasteiger partial charge in [0.05, 0.1) is 10.2 Å². The van der Waals surface area contributed by atoms with Gasteiger partial charge in [0.15, 0.2) is 16.5 Å². The molecule has 0 radical (unpaired) electrons. The summed E-state index contributed by atoms with van der Waals surface area (Å²) in [6.07, 6.45) is 2.26. The highest BCUT2D eigenvalue weighted by Crippen LogP contribution is 2.31. The Bertz CT molecular complexity index is 818. The van der Waals surface area contributed by atoms with Gasteiger partial charge in [0.1, 0.15) is 0 Å². The summed E-state index contributed by atoms with van der Waals surface area (Å²) < 4.78 is 6.93. The van der Waals surface area contributed by atoms with Crippen LogP contribution in [0, 0.1) is 5.92 Å². The van der Waals surface area contributed by atoms with Gasteiger partial charge < -0.3 is 9.32 Å². The molecule has 1 saturated heterocycles. The molecule has 1 atom stereocenters. The number of likely N-dealkylation sites (tertiary alicyclic amines) is 1.